The molecule has 4 rings (SSSR count). The molecule has 1 heterocycles. The first kappa shape index (κ1) is 15.9. The number of imidazole rings is 1. The van der Waals surface area contributed by atoms with Crippen molar-refractivity contribution in [3.63, 3.8) is 0 Å². The van der Waals surface area contributed by atoms with Crippen LogP contribution in [-0.2, 0) is 0 Å². The molecule has 0 unspecified atom stereocenters. The van der Waals surface area contributed by atoms with E-state index in [9.17, 15) is 0 Å². The van der Waals surface area contributed by atoms with Gasteiger partial charge in [-0.25, -0.2) is 4.98 Å². The van der Waals surface area contributed by atoms with Gasteiger partial charge in [-0.3, -0.25) is 0 Å². The maximum atomic E-state index is 4.92. The summed E-state index contributed by atoms with van der Waals surface area (Å²) in [5.74, 6) is 0.886. The van der Waals surface area contributed by atoms with Crippen molar-refractivity contribution in [1.82, 2.24) is 9.97 Å². The third-order valence-electron chi connectivity index (χ3n) is 4.21. The van der Waals surface area contributed by atoms with Gasteiger partial charge in [0.2, 0.25) is 0 Å². The van der Waals surface area contributed by atoms with Crippen LogP contribution < -0.4 is 0 Å². The highest BCUT2D eigenvalue weighted by Gasteiger charge is 2.15. The highest BCUT2D eigenvalue weighted by atomic mass is 79.9. The molecule has 0 fully saturated rings. The Labute approximate surface area is 155 Å². The largest absolute Gasteiger partial charge is 0.337 e. The molecule has 0 atom stereocenters. The van der Waals surface area contributed by atoms with Gasteiger partial charge in [-0.1, -0.05) is 88.2 Å². The van der Waals surface area contributed by atoms with E-state index in [4.69, 9.17) is 4.98 Å². The molecule has 25 heavy (non-hydrogen) atoms. The predicted molar refractivity (Wildman–Crippen MR) is 107 cm³/mol. The van der Waals surface area contributed by atoms with Gasteiger partial charge in [0.1, 0.15) is 5.82 Å². The third-order valence-corrected chi connectivity index (χ3v) is 4.74. The SMILES string of the molecule is Cc1ccc(-c2nc(-c3ccc(Br)cc3)c(-c3ccccc3)[nH]2)cc1. The van der Waals surface area contributed by atoms with Crippen LogP contribution in [0.3, 0.4) is 0 Å². The van der Waals surface area contributed by atoms with Crippen molar-refractivity contribution < 1.29 is 0 Å². The molecule has 4 aromatic rings. The molecule has 3 heteroatoms. The van der Waals surface area contributed by atoms with Crippen molar-refractivity contribution in [3.8, 4) is 33.9 Å². The molecule has 0 aliphatic rings. The van der Waals surface area contributed by atoms with Gasteiger partial charge in [0.15, 0.2) is 0 Å². The minimum absolute atomic E-state index is 0.886. The summed E-state index contributed by atoms with van der Waals surface area (Å²) in [5.41, 5.74) is 6.56. The van der Waals surface area contributed by atoms with Crippen molar-refractivity contribution in [1.29, 1.82) is 0 Å². The van der Waals surface area contributed by atoms with Crippen molar-refractivity contribution in [2.45, 2.75) is 6.92 Å². The van der Waals surface area contributed by atoms with Crippen LogP contribution in [0.4, 0.5) is 0 Å². The Morgan fingerprint density at radius 3 is 2.04 bits per heavy atom. The molecule has 1 aromatic heterocycles. The summed E-state index contributed by atoms with van der Waals surface area (Å²) < 4.78 is 1.06. The smallest absolute Gasteiger partial charge is 0.138 e. The Hall–Kier alpha value is -2.65. The highest BCUT2D eigenvalue weighted by molar-refractivity contribution is 9.10. The van der Waals surface area contributed by atoms with E-state index >= 15 is 0 Å². The molecule has 0 saturated heterocycles. The van der Waals surface area contributed by atoms with E-state index in [0.29, 0.717) is 0 Å². The van der Waals surface area contributed by atoms with Crippen molar-refractivity contribution in [2.24, 2.45) is 0 Å². The molecule has 0 amide bonds. The predicted octanol–water partition coefficient (Wildman–Crippen LogP) is 6.48. The highest BCUT2D eigenvalue weighted by Crippen LogP contribution is 2.33. The molecule has 0 saturated carbocycles. The van der Waals surface area contributed by atoms with E-state index in [1.807, 2.05) is 30.3 Å². The van der Waals surface area contributed by atoms with Crippen molar-refractivity contribution in [3.05, 3.63) is 88.9 Å². The number of nitrogens with one attached hydrogen (secondary N) is 1. The second-order valence-electron chi connectivity index (χ2n) is 6.05. The molecule has 122 valence electrons. The molecule has 0 radical (unpaired) electrons. The number of hydrogen-bond donors (Lipinski definition) is 1. The van der Waals surface area contributed by atoms with Crippen LogP contribution >= 0.6 is 15.9 Å². The number of aryl methyl sites for hydroxylation is 1. The maximum Gasteiger partial charge on any atom is 0.138 e. The molecule has 0 spiro atoms. The fourth-order valence-corrected chi connectivity index (χ4v) is 3.12. The lowest BCUT2D eigenvalue weighted by Crippen LogP contribution is -1.83. The van der Waals surface area contributed by atoms with E-state index < -0.39 is 0 Å². The lowest BCUT2D eigenvalue weighted by molar-refractivity contribution is 1.30. The van der Waals surface area contributed by atoms with E-state index in [0.717, 1.165) is 38.4 Å². The number of aromatic amines is 1. The van der Waals surface area contributed by atoms with Gasteiger partial charge in [0, 0.05) is 21.2 Å². The van der Waals surface area contributed by atoms with Crippen molar-refractivity contribution >= 4 is 15.9 Å². The van der Waals surface area contributed by atoms with E-state index in [1.165, 1.54) is 5.56 Å². The Balaban J connectivity index is 1.89. The lowest BCUT2D eigenvalue weighted by Gasteiger charge is -2.03. The van der Waals surface area contributed by atoms with Gasteiger partial charge < -0.3 is 4.98 Å². The van der Waals surface area contributed by atoms with Gasteiger partial charge in [0.25, 0.3) is 0 Å². The average molecular weight is 389 g/mol. The second kappa shape index (κ2) is 6.69. The van der Waals surface area contributed by atoms with Crippen LogP contribution in [0.5, 0.6) is 0 Å². The summed E-state index contributed by atoms with van der Waals surface area (Å²) in [6.45, 7) is 2.09. The number of aromatic nitrogens is 2. The standard InChI is InChI=1S/C22H17BrN2/c1-15-7-9-18(10-8-15)22-24-20(16-5-3-2-4-6-16)21(25-22)17-11-13-19(23)14-12-17/h2-14H,1H3,(H,24,25). The first-order chi connectivity index (χ1) is 12.2. The van der Waals surface area contributed by atoms with Gasteiger partial charge in [0.05, 0.1) is 11.4 Å². The quantitative estimate of drug-likeness (QED) is 0.427. The Morgan fingerprint density at radius 1 is 0.720 bits per heavy atom. The summed E-state index contributed by atoms with van der Waals surface area (Å²) in [4.78, 5) is 8.44. The summed E-state index contributed by atoms with van der Waals surface area (Å²) >= 11 is 3.50. The number of hydrogen-bond acceptors (Lipinski definition) is 1. The number of H-pyrrole nitrogens is 1. The van der Waals surface area contributed by atoms with Gasteiger partial charge >= 0.3 is 0 Å². The number of halogens is 1. The summed E-state index contributed by atoms with van der Waals surface area (Å²) in [6, 6.07) is 27.0. The lowest BCUT2D eigenvalue weighted by atomic mass is 10.1. The molecular weight excluding hydrogens is 372 g/mol. The molecule has 3 aromatic carbocycles. The van der Waals surface area contributed by atoms with Gasteiger partial charge in [-0.15, -0.1) is 0 Å². The molecular formula is C22H17BrN2. The third kappa shape index (κ3) is 3.28. The Bertz CT molecular complexity index is 985. The molecule has 0 aliphatic heterocycles. The zero-order chi connectivity index (χ0) is 17.2. The molecule has 1 N–H and O–H groups in total. The fraction of sp³-hybridized carbons (Fsp3) is 0.0455. The Kier molecular flexibility index (Phi) is 4.24. The van der Waals surface area contributed by atoms with Crippen LogP contribution in [0.15, 0.2) is 83.3 Å². The maximum absolute atomic E-state index is 4.92. The normalized spacial score (nSPS) is 10.8. The van der Waals surface area contributed by atoms with E-state index in [2.05, 4.69) is 76.4 Å². The fourth-order valence-electron chi connectivity index (χ4n) is 2.85. The minimum atomic E-state index is 0.886. The van der Waals surface area contributed by atoms with Crippen LogP contribution in [0.2, 0.25) is 0 Å². The first-order valence-corrected chi connectivity index (χ1v) is 8.98. The van der Waals surface area contributed by atoms with E-state index in [-0.39, 0.29) is 0 Å². The van der Waals surface area contributed by atoms with Crippen LogP contribution in [0.25, 0.3) is 33.9 Å². The summed E-state index contributed by atoms with van der Waals surface area (Å²) in [6.07, 6.45) is 0. The van der Waals surface area contributed by atoms with Crippen LogP contribution in [-0.4, -0.2) is 9.97 Å². The number of rotatable bonds is 3. The second-order valence-corrected chi connectivity index (χ2v) is 6.96. The molecule has 0 aliphatic carbocycles. The molecule has 2 nitrogen and oxygen atoms in total. The molecule has 0 bridgehead atoms. The van der Waals surface area contributed by atoms with Gasteiger partial charge in [-0.05, 0) is 19.1 Å². The van der Waals surface area contributed by atoms with Crippen LogP contribution in [0.1, 0.15) is 5.56 Å². The van der Waals surface area contributed by atoms with Crippen LogP contribution in [0, 0.1) is 6.92 Å². The number of benzene rings is 3. The Morgan fingerprint density at radius 2 is 1.36 bits per heavy atom. The summed E-state index contributed by atoms with van der Waals surface area (Å²) in [5, 5.41) is 0. The average Bonchev–Trinajstić information content (AvgIpc) is 3.09. The zero-order valence-electron chi connectivity index (χ0n) is 13.8. The topological polar surface area (TPSA) is 28.7 Å². The zero-order valence-corrected chi connectivity index (χ0v) is 15.4. The number of nitrogens with zero attached hydrogens (tertiary/aromatic N) is 1. The van der Waals surface area contributed by atoms with E-state index in [1.54, 1.807) is 0 Å². The minimum Gasteiger partial charge on any atom is -0.337 e. The first-order valence-electron chi connectivity index (χ1n) is 8.19. The summed E-state index contributed by atoms with van der Waals surface area (Å²) in [7, 11) is 0. The van der Waals surface area contributed by atoms with Crippen molar-refractivity contribution in [2.75, 3.05) is 0 Å². The monoisotopic (exact) mass is 388 g/mol. The van der Waals surface area contributed by atoms with Gasteiger partial charge in [-0.2, -0.15) is 0 Å².